The lowest BCUT2D eigenvalue weighted by Crippen LogP contribution is -2.46. The summed E-state index contributed by atoms with van der Waals surface area (Å²) in [5, 5.41) is 0. The number of amides is 2. The minimum Gasteiger partial charge on any atom is -0.493 e. The number of fused-ring (bicyclic) bond motifs is 1. The van der Waals surface area contributed by atoms with Crippen LogP contribution in [0, 0.1) is 5.92 Å². The Morgan fingerprint density at radius 3 is 2.67 bits per heavy atom. The minimum absolute atomic E-state index is 0.0406. The summed E-state index contributed by atoms with van der Waals surface area (Å²) in [5.74, 6) is 1.58. The van der Waals surface area contributed by atoms with E-state index in [1.54, 1.807) is 4.90 Å². The Morgan fingerprint density at radius 1 is 1.12 bits per heavy atom. The normalized spacial score (nSPS) is 16.1. The van der Waals surface area contributed by atoms with Gasteiger partial charge in [0.25, 0.3) is 0 Å². The maximum Gasteiger partial charge on any atom is 0.227 e. The lowest BCUT2D eigenvalue weighted by molar-refractivity contribution is -0.140. The Balaban J connectivity index is 1.33. The zero-order valence-electron chi connectivity index (χ0n) is 19.4. The molecule has 2 aromatic carbocycles. The highest BCUT2D eigenvalue weighted by Gasteiger charge is 2.30. The molecule has 1 aromatic heterocycles. The monoisotopic (exact) mass is 448 g/mol. The van der Waals surface area contributed by atoms with Gasteiger partial charge in [0.15, 0.2) is 0 Å². The first kappa shape index (κ1) is 22.8. The van der Waals surface area contributed by atoms with Crippen molar-refractivity contribution in [2.75, 3.05) is 26.7 Å². The largest absolute Gasteiger partial charge is 0.493 e. The number of carbonyl (C=O) groups excluding carboxylic acids is 2. The van der Waals surface area contributed by atoms with Crippen molar-refractivity contribution < 1.29 is 14.3 Å². The zero-order chi connectivity index (χ0) is 23.2. The number of carbonyl (C=O) groups is 2. The predicted molar refractivity (Wildman–Crippen MR) is 128 cm³/mol. The first-order valence-electron chi connectivity index (χ1n) is 11.7. The molecule has 1 saturated heterocycles. The second-order valence-corrected chi connectivity index (χ2v) is 8.55. The quantitative estimate of drug-likeness (QED) is 0.527. The van der Waals surface area contributed by atoms with Crippen LogP contribution in [-0.4, -0.2) is 57.9 Å². The van der Waals surface area contributed by atoms with Crippen LogP contribution in [0.15, 0.2) is 54.6 Å². The van der Waals surface area contributed by atoms with Crippen molar-refractivity contribution in [3.8, 4) is 5.75 Å². The van der Waals surface area contributed by atoms with Gasteiger partial charge in [0.2, 0.25) is 11.8 Å². The van der Waals surface area contributed by atoms with Crippen molar-refractivity contribution in [3.05, 3.63) is 60.4 Å². The molecule has 0 saturated carbocycles. The molecule has 7 nitrogen and oxygen atoms in total. The number of ether oxygens (including phenoxy) is 1. The number of para-hydroxylation sites is 3. The molecule has 0 N–H and O–H groups in total. The molecule has 33 heavy (non-hydrogen) atoms. The molecule has 2 amide bonds. The maximum atomic E-state index is 13.2. The van der Waals surface area contributed by atoms with E-state index in [9.17, 15) is 9.59 Å². The highest BCUT2D eigenvalue weighted by Crippen LogP contribution is 2.22. The lowest BCUT2D eigenvalue weighted by atomic mass is 9.96. The molecule has 1 aliphatic rings. The van der Waals surface area contributed by atoms with Crippen molar-refractivity contribution in [2.45, 2.75) is 39.3 Å². The van der Waals surface area contributed by atoms with Crippen LogP contribution in [0.2, 0.25) is 0 Å². The van der Waals surface area contributed by atoms with Crippen molar-refractivity contribution in [1.29, 1.82) is 0 Å². The summed E-state index contributed by atoms with van der Waals surface area (Å²) < 4.78 is 7.82. The van der Waals surface area contributed by atoms with Crippen molar-refractivity contribution >= 4 is 22.8 Å². The fourth-order valence-corrected chi connectivity index (χ4v) is 4.54. The number of aromatic nitrogens is 2. The molecule has 1 atom stereocenters. The first-order chi connectivity index (χ1) is 16.1. The average Bonchev–Trinajstić information content (AvgIpc) is 3.21. The summed E-state index contributed by atoms with van der Waals surface area (Å²) in [6, 6.07) is 17.5. The van der Waals surface area contributed by atoms with Gasteiger partial charge in [-0.05, 0) is 44.0 Å². The van der Waals surface area contributed by atoms with Crippen molar-refractivity contribution in [3.63, 3.8) is 0 Å². The minimum atomic E-state index is -0.179. The van der Waals surface area contributed by atoms with Gasteiger partial charge in [0.05, 0.1) is 36.5 Å². The standard InChI is InChI=1S/C26H32N4O3/c1-3-30-23-14-8-7-13-22(23)27-24(30)19-28(2)26(32)20-10-9-16-29(18-20)25(31)15-17-33-21-11-5-4-6-12-21/h4-8,11-14,20H,3,9-10,15-19H2,1-2H3. The van der Waals surface area contributed by atoms with E-state index >= 15 is 0 Å². The van der Waals surface area contributed by atoms with E-state index in [0.29, 0.717) is 32.7 Å². The summed E-state index contributed by atoms with van der Waals surface area (Å²) in [6.07, 6.45) is 1.95. The van der Waals surface area contributed by atoms with Crippen LogP contribution in [0.3, 0.4) is 0 Å². The van der Waals surface area contributed by atoms with Gasteiger partial charge >= 0.3 is 0 Å². The predicted octanol–water partition coefficient (Wildman–Crippen LogP) is 3.72. The highest BCUT2D eigenvalue weighted by atomic mass is 16.5. The SMILES string of the molecule is CCn1c(CN(C)C(=O)C2CCCN(C(=O)CCOc3ccccc3)C2)nc2ccccc21. The van der Waals surface area contributed by atoms with Gasteiger partial charge in [0, 0.05) is 26.7 Å². The maximum absolute atomic E-state index is 13.2. The number of hydrogen-bond acceptors (Lipinski definition) is 4. The number of imidazole rings is 1. The first-order valence-corrected chi connectivity index (χ1v) is 11.7. The fraction of sp³-hybridized carbons (Fsp3) is 0.423. The van der Waals surface area contributed by atoms with Gasteiger partial charge in [0.1, 0.15) is 11.6 Å². The average molecular weight is 449 g/mol. The second kappa shape index (κ2) is 10.5. The molecule has 174 valence electrons. The Morgan fingerprint density at radius 2 is 1.88 bits per heavy atom. The number of likely N-dealkylation sites (tertiary alicyclic amines) is 1. The number of piperidine rings is 1. The smallest absolute Gasteiger partial charge is 0.227 e. The number of rotatable bonds is 8. The van der Waals surface area contributed by atoms with Crippen LogP contribution in [0.5, 0.6) is 5.75 Å². The van der Waals surface area contributed by atoms with E-state index in [-0.39, 0.29) is 17.7 Å². The molecule has 1 fully saturated rings. The van der Waals surface area contributed by atoms with Crippen LogP contribution in [0.1, 0.15) is 32.0 Å². The number of aryl methyl sites for hydroxylation is 1. The molecular weight excluding hydrogens is 416 g/mol. The summed E-state index contributed by atoms with van der Waals surface area (Å²) in [6.45, 7) is 4.85. The van der Waals surface area contributed by atoms with Crippen LogP contribution < -0.4 is 4.74 Å². The molecule has 4 rings (SSSR count). The summed E-state index contributed by atoms with van der Waals surface area (Å²) in [7, 11) is 1.83. The van der Waals surface area contributed by atoms with Gasteiger partial charge in [-0.3, -0.25) is 9.59 Å². The van der Waals surface area contributed by atoms with E-state index in [4.69, 9.17) is 9.72 Å². The molecule has 1 aliphatic heterocycles. The van der Waals surface area contributed by atoms with Gasteiger partial charge in [-0.15, -0.1) is 0 Å². The van der Waals surface area contributed by atoms with Crippen molar-refractivity contribution in [2.24, 2.45) is 5.92 Å². The second-order valence-electron chi connectivity index (χ2n) is 8.55. The van der Waals surface area contributed by atoms with Gasteiger partial charge in [-0.1, -0.05) is 30.3 Å². The van der Waals surface area contributed by atoms with E-state index in [0.717, 1.165) is 42.0 Å². The Hall–Kier alpha value is -3.35. The molecular formula is C26H32N4O3. The van der Waals surface area contributed by atoms with Crippen LogP contribution in [0.25, 0.3) is 11.0 Å². The van der Waals surface area contributed by atoms with Gasteiger partial charge < -0.3 is 19.1 Å². The Labute approximate surface area is 195 Å². The van der Waals surface area contributed by atoms with Gasteiger partial charge in [-0.2, -0.15) is 0 Å². The third-order valence-corrected chi connectivity index (χ3v) is 6.26. The summed E-state index contributed by atoms with van der Waals surface area (Å²) in [4.78, 5) is 34.2. The topological polar surface area (TPSA) is 67.7 Å². The third-order valence-electron chi connectivity index (χ3n) is 6.26. The number of benzene rings is 2. The van der Waals surface area contributed by atoms with Crippen LogP contribution in [-0.2, 0) is 22.7 Å². The molecule has 0 aliphatic carbocycles. The molecule has 1 unspecified atom stereocenters. The Kier molecular flexibility index (Phi) is 7.27. The zero-order valence-corrected chi connectivity index (χ0v) is 19.4. The molecule has 0 spiro atoms. The van der Waals surface area contributed by atoms with Crippen LogP contribution >= 0.6 is 0 Å². The third kappa shape index (κ3) is 5.35. The van der Waals surface area contributed by atoms with E-state index in [2.05, 4.69) is 17.6 Å². The van der Waals surface area contributed by atoms with Crippen LogP contribution in [0.4, 0.5) is 0 Å². The number of hydrogen-bond donors (Lipinski definition) is 0. The highest BCUT2D eigenvalue weighted by molar-refractivity contribution is 5.81. The summed E-state index contributed by atoms with van der Waals surface area (Å²) >= 11 is 0. The summed E-state index contributed by atoms with van der Waals surface area (Å²) in [5.41, 5.74) is 2.03. The number of nitrogens with zero attached hydrogens (tertiary/aromatic N) is 4. The van der Waals surface area contributed by atoms with E-state index in [1.165, 1.54) is 0 Å². The Bertz CT molecular complexity index is 1100. The fourth-order valence-electron chi connectivity index (χ4n) is 4.54. The van der Waals surface area contributed by atoms with Gasteiger partial charge in [-0.25, -0.2) is 4.98 Å². The molecule has 0 bridgehead atoms. The van der Waals surface area contributed by atoms with E-state index < -0.39 is 0 Å². The van der Waals surface area contributed by atoms with Crippen molar-refractivity contribution in [1.82, 2.24) is 19.4 Å². The molecule has 0 radical (unpaired) electrons. The lowest BCUT2D eigenvalue weighted by Gasteiger charge is -2.34. The molecule has 3 aromatic rings. The molecule has 7 heteroatoms. The van der Waals surface area contributed by atoms with E-state index in [1.807, 2.05) is 60.5 Å². The molecule has 2 heterocycles.